The van der Waals surface area contributed by atoms with Crippen LogP contribution in [-0.2, 0) is 0 Å². The predicted octanol–water partition coefficient (Wildman–Crippen LogP) is 1.45. The molecule has 2 rings (SSSR count). The highest BCUT2D eigenvalue weighted by Crippen LogP contribution is 2.23. The number of nitrogens with two attached hydrogens (primary N) is 1. The van der Waals surface area contributed by atoms with E-state index in [-0.39, 0.29) is 5.84 Å². The summed E-state index contributed by atoms with van der Waals surface area (Å²) in [6.45, 7) is 7.94. The molecule has 5 nitrogen and oxygen atoms in total. The molecule has 0 aliphatic carbocycles. The first-order valence-corrected chi connectivity index (χ1v) is 6.79. The van der Waals surface area contributed by atoms with E-state index in [1.54, 1.807) is 6.07 Å². The summed E-state index contributed by atoms with van der Waals surface area (Å²) in [6, 6.07) is 4.92. The molecule has 0 saturated carbocycles. The lowest BCUT2D eigenvalue weighted by molar-refractivity contribution is 0.209. The molecule has 1 aromatic carbocycles. The number of rotatable bonds is 3. The Labute approximate surface area is 118 Å². The van der Waals surface area contributed by atoms with Crippen LogP contribution in [0.3, 0.4) is 0 Å². The van der Waals surface area contributed by atoms with Gasteiger partial charge < -0.3 is 15.8 Å². The van der Waals surface area contributed by atoms with Gasteiger partial charge in [-0.05, 0) is 32.0 Å². The van der Waals surface area contributed by atoms with Gasteiger partial charge in [0.15, 0.2) is 5.84 Å². The first kappa shape index (κ1) is 14.6. The van der Waals surface area contributed by atoms with Crippen molar-refractivity contribution in [3.05, 3.63) is 29.6 Å². The second-order valence-corrected chi connectivity index (χ2v) is 5.26. The van der Waals surface area contributed by atoms with E-state index in [1.807, 2.05) is 0 Å². The van der Waals surface area contributed by atoms with Gasteiger partial charge >= 0.3 is 0 Å². The van der Waals surface area contributed by atoms with Gasteiger partial charge in [0.2, 0.25) is 0 Å². The number of nitrogens with zero attached hydrogens (tertiary/aromatic N) is 3. The molecule has 0 spiro atoms. The van der Waals surface area contributed by atoms with Crippen molar-refractivity contribution in [2.75, 3.05) is 31.1 Å². The Kier molecular flexibility index (Phi) is 4.44. The van der Waals surface area contributed by atoms with Crippen molar-refractivity contribution >= 4 is 11.5 Å². The van der Waals surface area contributed by atoms with Crippen molar-refractivity contribution in [1.82, 2.24) is 4.90 Å². The fraction of sp³-hybridized carbons (Fsp3) is 0.500. The third-order valence-electron chi connectivity index (χ3n) is 3.73. The van der Waals surface area contributed by atoms with Gasteiger partial charge in [-0.2, -0.15) is 0 Å². The standard InChI is InChI=1S/C14H21FN4O/c1-10(2)18-5-7-19(8-6-18)13-4-3-11(15)9-12(13)14(16)17-20/h3-4,9-10,20H,5-8H2,1-2H3,(H2,16,17). The predicted molar refractivity (Wildman–Crippen MR) is 77.8 cm³/mol. The molecule has 3 N–H and O–H groups in total. The molecule has 1 saturated heterocycles. The Morgan fingerprint density at radius 3 is 2.50 bits per heavy atom. The van der Waals surface area contributed by atoms with E-state index in [0.717, 1.165) is 31.9 Å². The Bertz CT molecular complexity index is 496. The van der Waals surface area contributed by atoms with Crippen LogP contribution >= 0.6 is 0 Å². The lowest BCUT2D eigenvalue weighted by atomic mass is 10.1. The average molecular weight is 280 g/mol. The summed E-state index contributed by atoms with van der Waals surface area (Å²) in [7, 11) is 0. The molecule has 6 heteroatoms. The summed E-state index contributed by atoms with van der Waals surface area (Å²) in [5.74, 6) is -0.457. The lowest BCUT2D eigenvalue weighted by Crippen LogP contribution is -2.49. The Hall–Kier alpha value is -1.82. The van der Waals surface area contributed by atoms with Gasteiger partial charge in [-0.3, -0.25) is 4.90 Å². The topological polar surface area (TPSA) is 65.1 Å². The third-order valence-corrected chi connectivity index (χ3v) is 3.73. The van der Waals surface area contributed by atoms with Crippen LogP contribution in [0.4, 0.5) is 10.1 Å². The van der Waals surface area contributed by atoms with Crippen molar-refractivity contribution in [1.29, 1.82) is 0 Å². The number of piperazine rings is 1. The minimum Gasteiger partial charge on any atom is -0.409 e. The van der Waals surface area contributed by atoms with Crippen LogP contribution in [0.5, 0.6) is 0 Å². The number of benzene rings is 1. The van der Waals surface area contributed by atoms with E-state index in [1.165, 1.54) is 12.1 Å². The molecule has 1 fully saturated rings. The summed E-state index contributed by atoms with van der Waals surface area (Å²) >= 11 is 0. The van der Waals surface area contributed by atoms with Crippen LogP contribution in [0.25, 0.3) is 0 Å². The number of anilines is 1. The Morgan fingerprint density at radius 2 is 1.95 bits per heavy atom. The maximum absolute atomic E-state index is 13.4. The quantitative estimate of drug-likeness (QED) is 0.381. The average Bonchev–Trinajstić information content (AvgIpc) is 2.46. The second-order valence-electron chi connectivity index (χ2n) is 5.26. The molecule has 0 bridgehead atoms. The molecule has 110 valence electrons. The van der Waals surface area contributed by atoms with E-state index in [4.69, 9.17) is 10.9 Å². The van der Waals surface area contributed by atoms with Crippen LogP contribution < -0.4 is 10.6 Å². The highest BCUT2D eigenvalue weighted by Gasteiger charge is 2.21. The Balaban J connectivity index is 2.22. The fourth-order valence-electron chi connectivity index (χ4n) is 2.52. The molecule has 0 aromatic heterocycles. The van der Waals surface area contributed by atoms with Gasteiger partial charge in [-0.1, -0.05) is 5.16 Å². The van der Waals surface area contributed by atoms with Gasteiger partial charge in [0.25, 0.3) is 0 Å². The molecule has 1 aliphatic heterocycles. The Morgan fingerprint density at radius 1 is 1.30 bits per heavy atom. The monoisotopic (exact) mass is 280 g/mol. The minimum atomic E-state index is -0.392. The van der Waals surface area contributed by atoms with Crippen molar-refractivity contribution < 1.29 is 9.60 Å². The molecule has 1 aromatic rings. The molecular weight excluding hydrogens is 259 g/mol. The zero-order valence-electron chi connectivity index (χ0n) is 11.9. The van der Waals surface area contributed by atoms with Crippen molar-refractivity contribution in [2.45, 2.75) is 19.9 Å². The number of hydrogen-bond donors (Lipinski definition) is 2. The fourth-order valence-corrected chi connectivity index (χ4v) is 2.52. The molecule has 0 unspecified atom stereocenters. The summed E-state index contributed by atoms with van der Waals surface area (Å²) in [6.07, 6.45) is 0. The van der Waals surface area contributed by atoms with E-state index in [2.05, 4.69) is 28.8 Å². The van der Waals surface area contributed by atoms with Crippen molar-refractivity contribution in [3.8, 4) is 0 Å². The van der Waals surface area contributed by atoms with Gasteiger partial charge in [0.1, 0.15) is 5.82 Å². The molecule has 0 atom stereocenters. The molecule has 0 radical (unpaired) electrons. The van der Waals surface area contributed by atoms with Gasteiger partial charge in [0, 0.05) is 43.5 Å². The van der Waals surface area contributed by atoms with Crippen LogP contribution in [0, 0.1) is 5.82 Å². The van der Waals surface area contributed by atoms with E-state index < -0.39 is 5.82 Å². The molecule has 1 heterocycles. The molecule has 1 aliphatic rings. The molecule has 20 heavy (non-hydrogen) atoms. The summed E-state index contributed by atoms with van der Waals surface area (Å²) in [5, 5.41) is 11.8. The zero-order chi connectivity index (χ0) is 14.7. The molecular formula is C14H21FN4O. The highest BCUT2D eigenvalue weighted by molar-refractivity contribution is 6.02. The van der Waals surface area contributed by atoms with Crippen LogP contribution in [0.2, 0.25) is 0 Å². The second kappa shape index (κ2) is 6.09. The summed E-state index contributed by atoms with van der Waals surface area (Å²) in [4.78, 5) is 4.54. The summed E-state index contributed by atoms with van der Waals surface area (Å²) in [5.41, 5.74) is 6.89. The maximum Gasteiger partial charge on any atom is 0.172 e. The van der Waals surface area contributed by atoms with Crippen LogP contribution in [0.15, 0.2) is 23.4 Å². The van der Waals surface area contributed by atoms with E-state index in [9.17, 15) is 4.39 Å². The number of hydrogen-bond acceptors (Lipinski definition) is 4. The van der Waals surface area contributed by atoms with Gasteiger partial charge in [0.05, 0.1) is 0 Å². The van der Waals surface area contributed by atoms with Crippen LogP contribution in [-0.4, -0.2) is 48.2 Å². The largest absolute Gasteiger partial charge is 0.409 e. The SMILES string of the molecule is CC(C)N1CCN(c2ccc(F)cc2C(N)=NO)CC1. The highest BCUT2D eigenvalue weighted by atomic mass is 19.1. The number of halogens is 1. The lowest BCUT2D eigenvalue weighted by Gasteiger charge is -2.38. The normalized spacial score (nSPS) is 17.8. The van der Waals surface area contributed by atoms with Gasteiger partial charge in [-0.15, -0.1) is 0 Å². The zero-order valence-corrected chi connectivity index (χ0v) is 11.9. The number of oxime groups is 1. The van der Waals surface area contributed by atoms with Crippen LogP contribution in [0.1, 0.15) is 19.4 Å². The number of amidine groups is 1. The molecule has 0 amide bonds. The van der Waals surface area contributed by atoms with E-state index in [0.29, 0.717) is 11.6 Å². The first-order chi connectivity index (χ1) is 9.52. The van der Waals surface area contributed by atoms with Gasteiger partial charge in [-0.25, -0.2) is 4.39 Å². The van der Waals surface area contributed by atoms with Crippen molar-refractivity contribution in [2.24, 2.45) is 10.9 Å². The summed E-state index contributed by atoms with van der Waals surface area (Å²) < 4.78 is 13.4. The van der Waals surface area contributed by atoms with Crippen molar-refractivity contribution in [3.63, 3.8) is 0 Å². The minimum absolute atomic E-state index is 0.0641. The maximum atomic E-state index is 13.4. The smallest absolute Gasteiger partial charge is 0.172 e. The van der Waals surface area contributed by atoms with E-state index >= 15 is 0 Å². The first-order valence-electron chi connectivity index (χ1n) is 6.79. The third kappa shape index (κ3) is 3.01.